The third-order valence-corrected chi connectivity index (χ3v) is 3.37. The average molecular weight is 272 g/mol. The van der Waals surface area contributed by atoms with Crippen LogP contribution in [0.2, 0.25) is 0 Å². The van der Waals surface area contributed by atoms with Crippen LogP contribution in [0.3, 0.4) is 0 Å². The Labute approximate surface area is 109 Å². The summed E-state index contributed by atoms with van der Waals surface area (Å²) in [6.07, 6.45) is 3.33. The monoisotopic (exact) mass is 272 g/mol. The quantitative estimate of drug-likeness (QED) is 0.866. The van der Waals surface area contributed by atoms with Crippen LogP contribution in [0.4, 0.5) is 13.2 Å². The van der Waals surface area contributed by atoms with E-state index in [1.807, 2.05) is 0 Å². The Hall–Kier alpha value is -1.56. The van der Waals surface area contributed by atoms with Crippen molar-refractivity contribution in [1.29, 1.82) is 0 Å². The molecule has 0 heterocycles. The molecule has 1 amide bonds. The molecule has 3 nitrogen and oxygen atoms in total. The normalized spacial score (nSPS) is 23.2. The number of nitrogens with two attached hydrogens (primary N) is 1. The molecule has 1 aliphatic carbocycles. The van der Waals surface area contributed by atoms with Crippen LogP contribution in [-0.4, -0.2) is 18.0 Å². The number of carbonyl (C=O) groups excluding carboxylic acids is 1. The number of hydrogen-bond acceptors (Lipinski definition) is 2. The van der Waals surface area contributed by atoms with Gasteiger partial charge in [0, 0.05) is 24.2 Å². The van der Waals surface area contributed by atoms with Crippen LogP contribution in [0.5, 0.6) is 0 Å². The summed E-state index contributed by atoms with van der Waals surface area (Å²) < 4.78 is 39.6. The van der Waals surface area contributed by atoms with Gasteiger partial charge in [0.1, 0.15) is 23.0 Å². The number of carbonyl (C=O) groups is 1. The van der Waals surface area contributed by atoms with Gasteiger partial charge in [-0.25, -0.2) is 13.2 Å². The lowest BCUT2D eigenvalue weighted by molar-refractivity contribution is 0.0912. The maximum Gasteiger partial charge on any atom is 0.257 e. The highest BCUT2D eigenvalue weighted by atomic mass is 19.1. The van der Waals surface area contributed by atoms with Crippen molar-refractivity contribution < 1.29 is 18.0 Å². The summed E-state index contributed by atoms with van der Waals surface area (Å²) >= 11 is 0. The van der Waals surface area contributed by atoms with Gasteiger partial charge in [-0.1, -0.05) is 12.8 Å². The van der Waals surface area contributed by atoms with Crippen molar-refractivity contribution in [2.75, 3.05) is 0 Å². The first-order valence-electron chi connectivity index (χ1n) is 6.20. The molecule has 1 aromatic carbocycles. The molecule has 3 N–H and O–H groups in total. The Balaban J connectivity index is 2.16. The molecule has 6 heteroatoms. The van der Waals surface area contributed by atoms with Crippen LogP contribution < -0.4 is 11.1 Å². The van der Waals surface area contributed by atoms with Crippen LogP contribution in [0, 0.1) is 17.5 Å². The van der Waals surface area contributed by atoms with Gasteiger partial charge in [0.15, 0.2) is 0 Å². The van der Waals surface area contributed by atoms with Gasteiger partial charge in [-0.2, -0.15) is 0 Å². The zero-order chi connectivity index (χ0) is 14.0. The summed E-state index contributed by atoms with van der Waals surface area (Å²) in [5, 5.41) is 2.52. The molecule has 1 aliphatic rings. The molecule has 0 spiro atoms. The first-order valence-corrected chi connectivity index (χ1v) is 6.20. The third-order valence-electron chi connectivity index (χ3n) is 3.37. The van der Waals surface area contributed by atoms with Crippen molar-refractivity contribution in [3.8, 4) is 0 Å². The number of nitrogens with one attached hydrogen (secondary N) is 1. The van der Waals surface area contributed by atoms with Gasteiger partial charge in [-0.15, -0.1) is 0 Å². The SMILES string of the molecule is N[C@@H]1CCCC[C@H]1NC(=O)c1c(F)cc(F)cc1F. The molecule has 0 aliphatic heterocycles. The highest BCUT2D eigenvalue weighted by Crippen LogP contribution is 2.19. The van der Waals surface area contributed by atoms with Crippen molar-refractivity contribution >= 4 is 5.91 Å². The minimum absolute atomic E-state index is 0.218. The van der Waals surface area contributed by atoms with Crippen molar-refractivity contribution in [3.05, 3.63) is 35.1 Å². The van der Waals surface area contributed by atoms with Crippen LogP contribution in [0.25, 0.3) is 0 Å². The molecule has 0 bridgehead atoms. The predicted octanol–water partition coefficient (Wildman–Crippen LogP) is 2.10. The molecule has 2 rings (SSSR count). The third kappa shape index (κ3) is 3.07. The molecule has 2 atom stereocenters. The maximum atomic E-state index is 13.4. The standard InChI is InChI=1S/C13H15F3N2O/c14-7-5-8(15)12(9(16)6-7)13(19)18-11-4-2-1-3-10(11)17/h5-6,10-11H,1-4,17H2,(H,18,19)/t10-,11-/m1/s1. The van der Waals surface area contributed by atoms with Gasteiger partial charge in [0.25, 0.3) is 5.91 Å². The predicted molar refractivity (Wildman–Crippen MR) is 64.0 cm³/mol. The van der Waals surface area contributed by atoms with Gasteiger partial charge >= 0.3 is 0 Å². The van der Waals surface area contributed by atoms with E-state index in [0.717, 1.165) is 19.3 Å². The topological polar surface area (TPSA) is 55.1 Å². The molecular weight excluding hydrogens is 257 g/mol. The van der Waals surface area contributed by atoms with Crippen molar-refractivity contribution in [3.63, 3.8) is 0 Å². The second kappa shape index (κ2) is 5.61. The molecule has 0 radical (unpaired) electrons. The van der Waals surface area contributed by atoms with Crippen LogP contribution >= 0.6 is 0 Å². The number of halogens is 3. The summed E-state index contributed by atoms with van der Waals surface area (Å²) in [5.41, 5.74) is 5.08. The van der Waals surface area contributed by atoms with Crippen LogP contribution in [-0.2, 0) is 0 Å². The lowest BCUT2D eigenvalue weighted by Crippen LogP contribution is -2.49. The molecule has 1 saturated carbocycles. The highest BCUT2D eigenvalue weighted by Gasteiger charge is 2.26. The van der Waals surface area contributed by atoms with E-state index in [9.17, 15) is 18.0 Å². The maximum absolute atomic E-state index is 13.4. The molecule has 0 saturated heterocycles. The molecule has 1 fully saturated rings. The van der Waals surface area contributed by atoms with Crippen molar-refractivity contribution in [2.24, 2.45) is 5.73 Å². The van der Waals surface area contributed by atoms with Crippen LogP contribution in [0.1, 0.15) is 36.0 Å². The summed E-state index contributed by atoms with van der Waals surface area (Å²) in [6, 6.07) is 0.451. The Kier molecular flexibility index (Phi) is 4.09. The first-order chi connectivity index (χ1) is 8.99. The lowest BCUT2D eigenvalue weighted by atomic mass is 9.91. The minimum Gasteiger partial charge on any atom is -0.348 e. The van der Waals surface area contributed by atoms with Crippen molar-refractivity contribution in [2.45, 2.75) is 37.8 Å². The zero-order valence-electron chi connectivity index (χ0n) is 10.3. The fraction of sp³-hybridized carbons (Fsp3) is 0.462. The molecule has 0 unspecified atom stereocenters. The smallest absolute Gasteiger partial charge is 0.257 e. The zero-order valence-corrected chi connectivity index (χ0v) is 10.3. The Morgan fingerprint density at radius 1 is 1.16 bits per heavy atom. The molecule has 104 valence electrons. The van der Waals surface area contributed by atoms with Crippen LogP contribution in [0.15, 0.2) is 12.1 Å². The Morgan fingerprint density at radius 3 is 2.32 bits per heavy atom. The minimum atomic E-state index is -1.21. The highest BCUT2D eigenvalue weighted by molar-refractivity contribution is 5.95. The lowest BCUT2D eigenvalue weighted by Gasteiger charge is -2.29. The largest absolute Gasteiger partial charge is 0.348 e. The number of amides is 1. The fourth-order valence-electron chi connectivity index (χ4n) is 2.34. The molecule has 19 heavy (non-hydrogen) atoms. The van der Waals surface area contributed by atoms with E-state index in [1.165, 1.54) is 0 Å². The molecule has 0 aromatic heterocycles. The van der Waals surface area contributed by atoms with E-state index in [-0.39, 0.29) is 12.1 Å². The number of benzene rings is 1. The van der Waals surface area contributed by atoms with E-state index in [0.29, 0.717) is 18.6 Å². The second-order valence-corrected chi connectivity index (χ2v) is 4.77. The van der Waals surface area contributed by atoms with Gasteiger partial charge < -0.3 is 11.1 Å². The first kappa shape index (κ1) is 13.9. The second-order valence-electron chi connectivity index (χ2n) is 4.77. The van der Waals surface area contributed by atoms with Gasteiger partial charge in [0.2, 0.25) is 0 Å². The van der Waals surface area contributed by atoms with Gasteiger partial charge in [0.05, 0.1) is 0 Å². The molecule has 1 aromatic rings. The van der Waals surface area contributed by atoms with Crippen molar-refractivity contribution in [1.82, 2.24) is 5.32 Å². The van der Waals surface area contributed by atoms with E-state index in [4.69, 9.17) is 5.73 Å². The van der Waals surface area contributed by atoms with E-state index in [1.54, 1.807) is 0 Å². The van der Waals surface area contributed by atoms with E-state index in [2.05, 4.69) is 5.32 Å². The number of hydrogen-bond donors (Lipinski definition) is 2. The molecular formula is C13H15F3N2O. The van der Waals surface area contributed by atoms with E-state index >= 15 is 0 Å². The Morgan fingerprint density at radius 2 is 1.74 bits per heavy atom. The average Bonchev–Trinajstić information content (AvgIpc) is 2.30. The van der Waals surface area contributed by atoms with Gasteiger partial charge in [-0.3, -0.25) is 4.79 Å². The Bertz CT molecular complexity index is 470. The number of rotatable bonds is 2. The fourth-order valence-corrected chi connectivity index (χ4v) is 2.34. The summed E-state index contributed by atoms with van der Waals surface area (Å²) in [5.74, 6) is -4.36. The van der Waals surface area contributed by atoms with Gasteiger partial charge in [-0.05, 0) is 12.8 Å². The van der Waals surface area contributed by atoms with E-state index < -0.39 is 28.9 Å². The summed E-state index contributed by atoms with van der Waals surface area (Å²) in [6.45, 7) is 0. The summed E-state index contributed by atoms with van der Waals surface area (Å²) in [7, 11) is 0. The summed E-state index contributed by atoms with van der Waals surface area (Å²) in [4.78, 5) is 11.8.